The molecule has 0 saturated heterocycles. The zero-order valence-electron chi connectivity index (χ0n) is 15.8. The Balaban J connectivity index is 1.90. The van der Waals surface area contributed by atoms with Gasteiger partial charge in [0.2, 0.25) is 0 Å². The quantitative estimate of drug-likeness (QED) is 0.506. The van der Waals surface area contributed by atoms with Gasteiger partial charge in [-0.2, -0.15) is 4.57 Å². The minimum absolute atomic E-state index is 0.00629. The number of hydrogen-bond donors (Lipinski definition) is 1. The van der Waals surface area contributed by atoms with E-state index in [1.807, 2.05) is 48.5 Å². The van der Waals surface area contributed by atoms with E-state index in [4.69, 9.17) is 0 Å². The standard InChI is InChI=1S/C22H16IN3O3/c1-25-20-17(21(28)26(2)22(25)29)15(11-7-9-12(23)10-8-11)16-18(24-20)13-5-3-4-6-14(13)19(16)27/h3-10,15-16H,1-2H3/p+1. The number of Topliss-reactive ketones (excluding diaryl/α,β-unsaturated/α-hetero) is 1. The van der Waals surface area contributed by atoms with Gasteiger partial charge in [0.25, 0.3) is 11.4 Å². The van der Waals surface area contributed by atoms with E-state index < -0.39 is 17.5 Å². The van der Waals surface area contributed by atoms with Crippen molar-refractivity contribution in [3.05, 3.63) is 95.2 Å². The highest BCUT2D eigenvalue weighted by Gasteiger charge is 2.50. The predicted octanol–water partition coefficient (Wildman–Crippen LogP) is 0.848. The molecule has 1 aromatic heterocycles. The highest BCUT2D eigenvalue weighted by Crippen LogP contribution is 2.41. The molecule has 7 heteroatoms. The lowest BCUT2D eigenvalue weighted by Gasteiger charge is -2.26. The minimum Gasteiger partial charge on any atom is -0.293 e. The second-order valence-electron chi connectivity index (χ2n) is 7.42. The molecular weight excluding hydrogens is 481 g/mol. The monoisotopic (exact) mass is 498 g/mol. The fraction of sp³-hybridized carbons (Fsp3) is 0.182. The van der Waals surface area contributed by atoms with Crippen molar-refractivity contribution >= 4 is 39.9 Å². The SMILES string of the molecule is Cn1c2c(c(=O)n(C)c1=O)C(c1ccc(I)cc1)C1C(=O)c3ccccc3C1=[NH+]2. The average Bonchev–Trinajstić information content (AvgIpc) is 3.02. The molecule has 144 valence electrons. The summed E-state index contributed by atoms with van der Waals surface area (Å²) in [6, 6.07) is 15.3. The van der Waals surface area contributed by atoms with E-state index in [0.29, 0.717) is 16.9 Å². The Bertz CT molecular complexity index is 1350. The van der Waals surface area contributed by atoms with Crippen LogP contribution in [0.2, 0.25) is 0 Å². The van der Waals surface area contributed by atoms with Gasteiger partial charge in [-0.3, -0.25) is 9.59 Å². The van der Waals surface area contributed by atoms with Crippen molar-refractivity contribution in [2.75, 3.05) is 0 Å². The number of benzene rings is 2. The first-order chi connectivity index (χ1) is 13.9. The number of nitrogens with zero attached hydrogens (tertiary/aromatic N) is 2. The van der Waals surface area contributed by atoms with Gasteiger partial charge in [-0.15, -0.1) is 0 Å². The Morgan fingerprint density at radius 3 is 2.21 bits per heavy atom. The minimum atomic E-state index is -0.523. The third-order valence-corrected chi connectivity index (χ3v) is 6.62. The van der Waals surface area contributed by atoms with Crippen LogP contribution in [0.3, 0.4) is 0 Å². The van der Waals surface area contributed by atoms with Crippen molar-refractivity contribution < 1.29 is 9.79 Å². The second-order valence-corrected chi connectivity index (χ2v) is 8.67. The Kier molecular flexibility index (Phi) is 3.99. The van der Waals surface area contributed by atoms with E-state index >= 15 is 0 Å². The molecule has 0 radical (unpaired) electrons. The van der Waals surface area contributed by atoms with Crippen LogP contribution in [0.4, 0.5) is 5.82 Å². The smallest absolute Gasteiger partial charge is 0.293 e. The summed E-state index contributed by atoms with van der Waals surface area (Å²) in [4.78, 5) is 42.4. The summed E-state index contributed by atoms with van der Waals surface area (Å²) in [5.41, 5.74) is 2.78. The molecule has 2 atom stereocenters. The van der Waals surface area contributed by atoms with Crippen LogP contribution in [0.1, 0.15) is 33.0 Å². The maximum atomic E-state index is 13.4. The van der Waals surface area contributed by atoms with E-state index in [1.54, 1.807) is 7.05 Å². The molecule has 1 aliphatic carbocycles. The lowest BCUT2D eigenvalue weighted by atomic mass is 9.76. The fourth-order valence-corrected chi connectivity index (χ4v) is 4.85. The molecule has 1 aliphatic heterocycles. The van der Waals surface area contributed by atoms with Crippen LogP contribution in [0.5, 0.6) is 0 Å². The number of fused-ring (bicyclic) bond motifs is 4. The summed E-state index contributed by atoms with van der Waals surface area (Å²) in [5.74, 6) is -0.542. The van der Waals surface area contributed by atoms with Crippen molar-refractivity contribution in [2.45, 2.75) is 5.92 Å². The van der Waals surface area contributed by atoms with Crippen molar-refractivity contribution in [1.82, 2.24) is 9.13 Å². The summed E-state index contributed by atoms with van der Waals surface area (Å²) in [7, 11) is 3.11. The first-order valence-electron chi connectivity index (χ1n) is 9.23. The molecule has 0 saturated carbocycles. The van der Waals surface area contributed by atoms with Crippen LogP contribution in [0.25, 0.3) is 0 Å². The van der Waals surface area contributed by atoms with Crippen molar-refractivity contribution in [2.24, 2.45) is 20.0 Å². The third kappa shape index (κ3) is 2.46. The van der Waals surface area contributed by atoms with Crippen molar-refractivity contribution in [3.8, 4) is 0 Å². The third-order valence-electron chi connectivity index (χ3n) is 5.90. The molecule has 0 bridgehead atoms. The number of carbonyl (C=O) groups is 1. The van der Waals surface area contributed by atoms with Gasteiger partial charge >= 0.3 is 5.69 Å². The van der Waals surface area contributed by atoms with Gasteiger partial charge < -0.3 is 0 Å². The number of aromatic nitrogens is 2. The normalized spacial score (nSPS) is 19.4. The molecule has 6 nitrogen and oxygen atoms in total. The molecular formula is C22H17IN3O3+. The maximum absolute atomic E-state index is 13.4. The lowest BCUT2D eigenvalue weighted by molar-refractivity contribution is -0.368. The van der Waals surface area contributed by atoms with Gasteiger partial charge in [-0.1, -0.05) is 36.4 Å². The summed E-state index contributed by atoms with van der Waals surface area (Å²) in [6.07, 6.45) is 0. The maximum Gasteiger partial charge on any atom is 0.417 e. The molecule has 2 unspecified atom stereocenters. The largest absolute Gasteiger partial charge is 0.417 e. The number of rotatable bonds is 1. The number of ketones is 1. The molecule has 2 heterocycles. The molecule has 0 spiro atoms. The number of hydrogen-bond acceptors (Lipinski definition) is 3. The second kappa shape index (κ2) is 6.35. The van der Waals surface area contributed by atoms with E-state index in [9.17, 15) is 14.4 Å². The Morgan fingerprint density at radius 1 is 0.862 bits per heavy atom. The van der Waals surface area contributed by atoms with Crippen molar-refractivity contribution in [1.29, 1.82) is 0 Å². The molecule has 1 N–H and O–H groups in total. The predicted molar refractivity (Wildman–Crippen MR) is 117 cm³/mol. The molecule has 29 heavy (non-hydrogen) atoms. The lowest BCUT2D eigenvalue weighted by Crippen LogP contribution is -2.74. The number of carbonyl (C=O) groups excluding carboxylic acids is 1. The van der Waals surface area contributed by atoms with Crippen molar-refractivity contribution in [3.63, 3.8) is 0 Å². The summed E-state index contributed by atoms with van der Waals surface area (Å²) in [6.45, 7) is 0. The van der Waals surface area contributed by atoms with E-state index in [0.717, 1.165) is 25.0 Å². The van der Waals surface area contributed by atoms with Crippen LogP contribution in [0.15, 0.2) is 58.1 Å². The van der Waals surface area contributed by atoms with Gasteiger partial charge in [-0.25, -0.2) is 14.4 Å². The van der Waals surface area contributed by atoms with Crippen LogP contribution < -0.4 is 16.2 Å². The van der Waals surface area contributed by atoms with Crippen LogP contribution >= 0.6 is 22.6 Å². The average molecular weight is 498 g/mol. The molecule has 0 amide bonds. The van der Waals surface area contributed by atoms with Gasteiger partial charge in [0.15, 0.2) is 5.78 Å². The van der Waals surface area contributed by atoms with E-state index in [-0.39, 0.29) is 11.3 Å². The van der Waals surface area contributed by atoms with E-state index in [1.165, 1.54) is 11.6 Å². The first-order valence-corrected chi connectivity index (χ1v) is 10.3. The molecule has 3 aromatic rings. The highest BCUT2D eigenvalue weighted by atomic mass is 127. The first kappa shape index (κ1) is 18.2. The topological polar surface area (TPSA) is 75.0 Å². The Hall–Kier alpha value is -2.81. The van der Waals surface area contributed by atoms with Crippen LogP contribution in [0, 0.1) is 9.49 Å². The summed E-state index contributed by atoms with van der Waals surface area (Å²) in [5, 5.41) is 0. The van der Waals surface area contributed by atoms with Gasteiger partial charge in [-0.05, 0) is 40.3 Å². The zero-order valence-corrected chi connectivity index (χ0v) is 17.9. The molecule has 2 aliphatic rings. The molecule has 2 aromatic carbocycles. The zero-order chi connectivity index (χ0) is 20.4. The van der Waals surface area contributed by atoms with Gasteiger partial charge in [0.05, 0.1) is 13.0 Å². The highest BCUT2D eigenvalue weighted by molar-refractivity contribution is 14.1. The van der Waals surface area contributed by atoms with Crippen LogP contribution in [-0.2, 0) is 14.1 Å². The van der Waals surface area contributed by atoms with E-state index in [2.05, 4.69) is 27.6 Å². The van der Waals surface area contributed by atoms with Gasteiger partial charge in [0, 0.05) is 27.7 Å². The Morgan fingerprint density at radius 2 is 1.52 bits per heavy atom. The fourth-order valence-electron chi connectivity index (χ4n) is 4.49. The summed E-state index contributed by atoms with van der Waals surface area (Å²) >= 11 is 2.23. The molecule has 5 rings (SSSR count). The Labute approximate surface area is 179 Å². The number of nitrogens with one attached hydrogen (secondary N) is 1. The van der Waals surface area contributed by atoms with Crippen LogP contribution in [-0.4, -0.2) is 20.6 Å². The van der Waals surface area contributed by atoms with Gasteiger partial charge in [0.1, 0.15) is 11.3 Å². The summed E-state index contributed by atoms with van der Waals surface area (Å²) < 4.78 is 3.63. The molecule has 0 fully saturated rings. The number of halogens is 1.